The van der Waals surface area contributed by atoms with Gasteiger partial charge in [0.25, 0.3) is 0 Å². The molecule has 1 aliphatic heterocycles. The van der Waals surface area contributed by atoms with Crippen molar-refractivity contribution in [2.75, 3.05) is 24.8 Å². The molecule has 3 aromatic rings. The molecule has 0 fully saturated rings. The highest BCUT2D eigenvalue weighted by Gasteiger charge is 2.31. The fourth-order valence-corrected chi connectivity index (χ4v) is 5.02. The molecule has 1 atom stereocenters. The van der Waals surface area contributed by atoms with E-state index in [0.29, 0.717) is 34.7 Å². The Morgan fingerprint density at radius 2 is 2.03 bits per heavy atom. The lowest BCUT2D eigenvalue weighted by Gasteiger charge is -2.18. The number of hydrogen-bond acceptors (Lipinski definition) is 5. The lowest BCUT2D eigenvalue weighted by molar-refractivity contribution is -0.113. The van der Waals surface area contributed by atoms with E-state index in [0.717, 1.165) is 28.1 Å². The van der Waals surface area contributed by atoms with Crippen LogP contribution in [-0.4, -0.2) is 35.2 Å². The predicted molar refractivity (Wildman–Crippen MR) is 125 cm³/mol. The zero-order valence-electron chi connectivity index (χ0n) is 17.9. The van der Waals surface area contributed by atoms with Crippen LogP contribution in [0.2, 0.25) is 5.02 Å². The number of nitrogens with zero attached hydrogens (tertiary/aromatic N) is 2. The molecule has 1 aromatic heterocycles. The maximum atomic E-state index is 12.6. The molecular weight excluding hydrogens is 434 g/mol. The second-order valence-corrected chi connectivity index (χ2v) is 8.78. The molecule has 1 amide bonds. The smallest absolute Gasteiger partial charge is 0.235 e. The lowest BCUT2D eigenvalue weighted by Crippen LogP contribution is -2.15. The fourth-order valence-electron chi connectivity index (χ4n) is 3.67. The normalized spacial score (nSPS) is 15.8. The van der Waals surface area contributed by atoms with Crippen LogP contribution >= 0.6 is 23.4 Å². The number of benzene rings is 2. The molecule has 31 heavy (non-hydrogen) atoms. The zero-order valence-corrected chi connectivity index (χ0v) is 19.4. The first-order chi connectivity index (χ1) is 14.9. The molecule has 0 aliphatic carbocycles. The van der Waals surface area contributed by atoms with Gasteiger partial charge in [0.2, 0.25) is 5.91 Å². The molecule has 1 aliphatic rings. The van der Waals surface area contributed by atoms with E-state index >= 15 is 0 Å². The van der Waals surface area contributed by atoms with Crippen molar-refractivity contribution >= 4 is 35.1 Å². The van der Waals surface area contributed by atoms with E-state index in [-0.39, 0.29) is 11.2 Å². The molecule has 0 spiro atoms. The lowest BCUT2D eigenvalue weighted by atomic mass is 10.0. The molecule has 4 rings (SSSR count). The summed E-state index contributed by atoms with van der Waals surface area (Å²) in [6.07, 6.45) is 0. The fraction of sp³-hybridized carbons (Fsp3) is 0.304. The van der Waals surface area contributed by atoms with Crippen molar-refractivity contribution in [2.24, 2.45) is 0 Å². The summed E-state index contributed by atoms with van der Waals surface area (Å²) in [5, 5.41) is 8.37. The number of halogens is 1. The van der Waals surface area contributed by atoms with Crippen molar-refractivity contribution in [2.45, 2.75) is 26.0 Å². The molecule has 1 N–H and O–H groups in total. The molecule has 0 saturated carbocycles. The first kappa shape index (κ1) is 21.6. The highest BCUT2D eigenvalue weighted by atomic mass is 35.5. The van der Waals surface area contributed by atoms with Crippen molar-refractivity contribution in [1.82, 2.24) is 9.78 Å². The number of hydrogen-bond donors (Lipinski definition) is 1. The Labute approximate surface area is 190 Å². The largest absolute Gasteiger partial charge is 0.493 e. The number of aryl methyl sites for hydroxylation is 2. The Morgan fingerprint density at radius 3 is 2.74 bits per heavy atom. The van der Waals surface area contributed by atoms with Gasteiger partial charge >= 0.3 is 0 Å². The van der Waals surface area contributed by atoms with Crippen molar-refractivity contribution in [3.05, 3.63) is 63.8 Å². The average molecular weight is 458 g/mol. The van der Waals surface area contributed by atoms with E-state index in [4.69, 9.17) is 26.2 Å². The minimum absolute atomic E-state index is 0.0633. The molecule has 2 aromatic carbocycles. The summed E-state index contributed by atoms with van der Waals surface area (Å²) in [4.78, 5) is 12.6. The highest BCUT2D eigenvalue weighted by Crippen LogP contribution is 2.45. The van der Waals surface area contributed by atoms with Crippen LogP contribution in [0.1, 0.15) is 34.6 Å². The Morgan fingerprint density at radius 1 is 1.23 bits per heavy atom. The van der Waals surface area contributed by atoms with Crippen LogP contribution in [0.25, 0.3) is 5.69 Å². The molecule has 8 heteroatoms. The number of amides is 1. The number of rotatable bonds is 5. The number of fused-ring (bicyclic) bond motifs is 1. The number of thioether (sulfide) groups is 1. The van der Waals surface area contributed by atoms with Crippen LogP contribution in [0.5, 0.6) is 11.5 Å². The Kier molecular flexibility index (Phi) is 6.16. The van der Waals surface area contributed by atoms with Gasteiger partial charge in [0, 0.05) is 10.6 Å². The number of nitrogens with one attached hydrogen (secondary N) is 1. The number of anilines is 1. The Hall–Kier alpha value is -2.64. The van der Waals surface area contributed by atoms with E-state index in [2.05, 4.69) is 5.32 Å². The zero-order chi connectivity index (χ0) is 22.1. The maximum Gasteiger partial charge on any atom is 0.235 e. The van der Waals surface area contributed by atoms with E-state index in [1.165, 1.54) is 0 Å². The Bertz CT molecular complexity index is 1150. The van der Waals surface area contributed by atoms with Gasteiger partial charge in [0.15, 0.2) is 11.5 Å². The van der Waals surface area contributed by atoms with Crippen LogP contribution in [-0.2, 0) is 4.79 Å². The van der Waals surface area contributed by atoms with E-state index in [1.54, 1.807) is 23.6 Å². The van der Waals surface area contributed by atoms with Crippen LogP contribution in [0, 0.1) is 13.8 Å². The third-order valence-electron chi connectivity index (χ3n) is 5.20. The summed E-state index contributed by atoms with van der Waals surface area (Å²) in [7, 11) is 1.62. The monoisotopic (exact) mass is 457 g/mol. The van der Waals surface area contributed by atoms with Crippen LogP contribution in [0.15, 0.2) is 36.4 Å². The SMILES string of the molecule is CCOc1cc([C@H]2SCC(=O)Nc3c2c(C)nn3-c2ccc(C)c(Cl)c2)ccc1OC. The van der Waals surface area contributed by atoms with Gasteiger partial charge in [-0.1, -0.05) is 23.7 Å². The van der Waals surface area contributed by atoms with Gasteiger partial charge in [0.1, 0.15) is 5.82 Å². The number of methoxy groups -OCH3 is 1. The van der Waals surface area contributed by atoms with Crippen LogP contribution in [0.3, 0.4) is 0 Å². The van der Waals surface area contributed by atoms with Crippen molar-refractivity contribution in [3.8, 4) is 17.2 Å². The quantitative estimate of drug-likeness (QED) is 0.561. The topological polar surface area (TPSA) is 65.4 Å². The third-order valence-corrected chi connectivity index (χ3v) is 6.88. The van der Waals surface area contributed by atoms with Gasteiger partial charge in [-0.3, -0.25) is 4.79 Å². The molecule has 2 heterocycles. The minimum Gasteiger partial charge on any atom is -0.493 e. The first-order valence-corrected chi connectivity index (χ1v) is 11.4. The van der Waals surface area contributed by atoms with Crippen molar-refractivity contribution in [1.29, 1.82) is 0 Å². The molecule has 0 unspecified atom stereocenters. The molecule has 6 nitrogen and oxygen atoms in total. The molecule has 0 radical (unpaired) electrons. The Balaban J connectivity index is 1.86. The number of carbonyl (C=O) groups excluding carboxylic acids is 1. The number of carbonyl (C=O) groups is 1. The van der Waals surface area contributed by atoms with Gasteiger partial charge < -0.3 is 14.8 Å². The van der Waals surface area contributed by atoms with E-state index in [9.17, 15) is 4.79 Å². The molecule has 0 bridgehead atoms. The summed E-state index contributed by atoms with van der Waals surface area (Å²) >= 11 is 7.93. The van der Waals surface area contributed by atoms with Gasteiger partial charge in [0.05, 0.1) is 36.1 Å². The first-order valence-electron chi connectivity index (χ1n) is 10.0. The second kappa shape index (κ2) is 8.85. The highest BCUT2D eigenvalue weighted by molar-refractivity contribution is 8.00. The summed E-state index contributed by atoms with van der Waals surface area (Å²) in [5.74, 6) is 2.31. The summed E-state index contributed by atoms with van der Waals surface area (Å²) in [6.45, 7) is 6.39. The predicted octanol–water partition coefficient (Wildman–Crippen LogP) is 5.32. The van der Waals surface area contributed by atoms with Gasteiger partial charge in [-0.15, -0.1) is 11.8 Å². The van der Waals surface area contributed by atoms with Crippen molar-refractivity contribution in [3.63, 3.8) is 0 Å². The summed E-state index contributed by atoms with van der Waals surface area (Å²) < 4.78 is 13.0. The molecule has 0 saturated heterocycles. The summed E-state index contributed by atoms with van der Waals surface area (Å²) in [5.41, 5.74) is 4.63. The second-order valence-electron chi connectivity index (χ2n) is 7.28. The average Bonchev–Trinajstić information content (AvgIpc) is 2.95. The molecule has 162 valence electrons. The van der Waals surface area contributed by atoms with Gasteiger partial charge in [-0.25, -0.2) is 4.68 Å². The van der Waals surface area contributed by atoms with Gasteiger partial charge in [-0.2, -0.15) is 5.10 Å². The number of aromatic nitrogens is 2. The van der Waals surface area contributed by atoms with Crippen LogP contribution in [0.4, 0.5) is 5.82 Å². The van der Waals surface area contributed by atoms with Gasteiger partial charge in [-0.05, 0) is 56.2 Å². The summed E-state index contributed by atoms with van der Waals surface area (Å²) in [6, 6.07) is 11.7. The van der Waals surface area contributed by atoms with E-state index < -0.39 is 0 Å². The number of ether oxygens (including phenoxy) is 2. The third kappa shape index (κ3) is 4.12. The van der Waals surface area contributed by atoms with Crippen LogP contribution < -0.4 is 14.8 Å². The standard InChI is InChI=1S/C23H24ClN3O3S/c1-5-30-19-10-15(7-9-18(19)29-4)22-21-14(3)26-27(23(21)25-20(28)12-31-22)16-8-6-13(2)17(24)11-16/h6-11,22H,5,12H2,1-4H3,(H,25,28)/t22-/m1/s1. The van der Waals surface area contributed by atoms with E-state index in [1.807, 2.05) is 57.2 Å². The maximum absolute atomic E-state index is 12.6. The minimum atomic E-state index is -0.0891. The van der Waals surface area contributed by atoms with Crippen molar-refractivity contribution < 1.29 is 14.3 Å². The molecular formula is C23H24ClN3O3S.